The molecule has 0 aliphatic carbocycles. The molecule has 94 valence electrons. The molecule has 0 aliphatic rings. The zero-order valence-electron chi connectivity index (χ0n) is 9.79. The van der Waals surface area contributed by atoms with E-state index in [0.717, 1.165) is 6.42 Å². The zero-order valence-corrected chi connectivity index (χ0v) is 10.6. The number of benzene rings is 1. The molecule has 0 radical (unpaired) electrons. The van der Waals surface area contributed by atoms with Crippen LogP contribution in [0.15, 0.2) is 24.3 Å². The van der Waals surface area contributed by atoms with Gasteiger partial charge < -0.3 is 0 Å². The van der Waals surface area contributed by atoms with Gasteiger partial charge in [-0.1, -0.05) is 19.1 Å². The van der Waals surface area contributed by atoms with Crippen LogP contribution in [-0.4, -0.2) is 19.7 Å². The molecule has 0 fully saturated rings. The summed E-state index contributed by atoms with van der Waals surface area (Å²) in [6.07, 6.45) is 0.876. The maximum absolute atomic E-state index is 11.0. The van der Waals surface area contributed by atoms with E-state index in [4.69, 9.17) is 12.2 Å². The lowest BCUT2D eigenvalue weighted by Crippen LogP contribution is -2.02. The lowest BCUT2D eigenvalue weighted by Gasteiger charge is -2.05. The highest BCUT2D eigenvalue weighted by molar-refractivity contribution is 7.71. The average molecular weight is 264 g/mol. The average Bonchev–Trinajstić information content (AvgIpc) is 2.72. The van der Waals surface area contributed by atoms with Crippen molar-refractivity contribution in [2.24, 2.45) is 0 Å². The van der Waals surface area contributed by atoms with E-state index in [9.17, 15) is 10.1 Å². The first-order valence-electron chi connectivity index (χ1n) is 5.54. The Balaban J connectivity index is 2.62. The molecule has 1 aromatic carbocycles. The highest BCUT2D eigenvalue weighted by Crippen LogP contribution is 2.28. The molecule has 0 aliphatic heterocycles. The third-order valence-corrected chi connectivity index (χ3v) is 2.86. The van der Waals surface area contributed by atoms with Gasteiger partial charge in [0.2, 0.25) is 0 Å². The van der Waals surface area contributed by atoms with Gasteiger partial charge >= 0.3 is 0 Å². The lowest BCUT2D eigenvalue weighted by atomic mass is 10.1. The predicted octanol–water partition coefficient (Wildman–Crippen LogP) is 2.93. The van der Waals surface area contributed by atoms with Crippen molar-refractivity contribution in [3.05, 3.63) is 39.2 Å². The first-order valence-corrected chi connectivity index (χ1v) is 5.95. The van der Waals surface area contributed by atoms with Crippen molar-refractivity contribution in [2.75, 3.05) is 0 Å². The maximum atomic E-state index is 11.0. The van der Waals surface area contributed by atoms with Crippen molar-refractivity contribution in [3.8, 4) is 11.4 Å². The van der Waals surface area contributed by atoms with Crippen LogP contribution < -0.4 is 0 Å². The van der Waals surface area contributed by atoms with Crippen molar-refractivity contribution in [3.63, 3.8) is 0 Å². The molecule has 2 aromatic rings. The van der Waals surface area contributed by atoms with Gasteiger partial charge in [0.1, 0.15) is 0 Å². The van der Waals surface area contributed by atoms with Gasteiger partial charge in [0.15, 0.2) is 10.6 Å². The van der Waals surface area contributed by atoms with Crippen molar-refractivity contribution in [1.82, 2.24) is 14.8 Å². The minimum atomic E-state index is -0.413. The summed E-state index contributed by atoms with van der Waals surface area (Å²) >= 11 is 5.12. The number of nitrogens with one attached hydrogen (secondary N) is 1. The van der Waals surface area contributed by atoms with E-state index < -0.39 is 4.92 Å². The Morgan fingerprint density at radius 3 is 2.89 bits per heavy atom. The molecule has 7 heteroatoms. The molecule has 0 bridgehead atoms. The second-order valence-electron chi connectivity index (χ2n) is 3.78. The van der Waals surface area contributed by atoms with Gasteiger partial charge in [0.05, 0.1) is 10.5 Å². The number of para-hydroxylation sites is 1. The second kappa shape index (κ2) is 5.09. The first kappa shape index (κ1) is 12.4. The fraction of sp³-hybridized carbons (Fsp3) is 0.273. The number of H-pyrrole nitrogens is 1. The number of aromatic nitrogens is 3. The topological polar surface area (TPSA) is 76.8 Å². The highest BCUT2D eigenvalue weighted by atomic mass is 32.1. The fourth-order valence-corrected chi connectivity index (χ4v) is 2.00. The van der Waals surface area contributed by atoms with Crippen LogP contribution in [0, 0.1) is 14.9 Å². The normalized spacial score (nSPS) is 10.5. The molecule has 1 heterocycles. The number of rotatable bonds is 4. The summed E-state index contributed by atoms with van der Waals surface area (Å²) in [5.41, 5.74) is 0.507. The van der Waals surface area contributed by atoms with E-state index in [1.807, 2.05) is 6.92 Å². The minimum absolute atomic E-state index is 0.0313. The van der Waals surface area contributed by atoms with Gasteiger partial charge in [0.25, 0.3) is 5.69 Å². The second-order valence-corrected chi connectivity index (χ2v) is 4.16. The first-order chi connectivity index (χ1) is 8.65. The van der Waals surface area contributed by atoms with Crippen LogP contribution in [0.1, 0.15) is 13.3 Å². The molecule has 6 nitrogen and oxygen atoms in total. The Labute approximate surface area is 108 Å². The standard InChI is InChI=1S/C11H12N4O2S/c1-2-7-14-10(12-13-11(14)18)8-5-3-4-6-9(8)15(16)17/h3-6H,2,7H2,1H3,(H,13,18). The number of hydrogen-bond acceptors (Lipinski definition) is 4. The monoisotopic (exact) mass is 264 g/mol. The Bertz CT molecular complexity index is 632. The summed E-state index contributed by atoms with van der Waals surface area (Å²) in [7, 11) is 0. The van der Waals surface area contributed by atoms with Gasteiger partial charge in [-0.2, -0.15) is 5.10 Å². The molecule has 2 rings (SSSR count). The Hall–Kier alpha value is -2.02. The van der Waals surface area contributed by atoms with Gasteiger partial charge in [0, 0.05) is 12.6 Å². The van der Waals surface area contributed by atoms with Gasteiger partial charge in [-0.05, 0) is 24.7 Å². The molecule has 0 spiro atoms. The SMILES string of the molecule is CCCn1c(-c2ccccc2[N+](=O)[O-])n[nH]c1=S. The number of aromatic amines is 1. The number of nitrogens with zero attached hydrogens (tertiary/aromatic N) is 3. The van der Waals surface area contributed by atoms with E-state index in [0.29, 0.717) is 22.7 Å². The molecule has 18 heavy (non-hydrogen) atoms. The summed E-state index contributed by atoms with van der Waals surface area (Å²) in [5, 5.41) is 17.8. The summed E-state index contributed by atoms with van der Waals surface area (Å²) in [6, 6.07) is 6.52. The van der Waals surface area contributed by atoms with E-state index >= 15 is 0 Å². The molecule has 1 N–H and O–H groups in total. The molecule has 0 saturated heterocycles. The lowest BCUT2D eigenvalue weighted by molar-refractivity contribution is -0.384. The van der Waals surface area contributed by atoms with Crippen molar-refractivity contribution >= 4 is 17.9 Å². The minimum Gasteiger partial charge on any atom is -0.300 e. The molecular weight excluding hydrogens is 252 g/mol. The van der Waals surface area contributed by atoms with Crippen LogP contribution in [-0.2, 0) is 6.54 Å². The molecule has 0 atom stereocenters. The highest BCUT2D eigenvalue weighted by Gasteiger charge is 2.19. The van der Waals surface area contributed by atoms with Crippen molar-refractivity contribution in [2.45, 2.75) is 19.9 Å². The third kappa shape index (κ3) is 2.17. The summed E-state index contributed by atoms with van der Waals surface area (Å²) in [6.45, 7) is 2.69. The van der Waals surface area contributed by atoms with E-state index in [2.05, 4.69) is 10.2 Å². The smallest absolute Gasteiger partial charge is 0.280 e. The van der Waals surface area contributed by atoms with E-state index in [1.54, 1.807) is 22.8 Å². The van der Waals surface area contributed by atoms with Crippen LogP contribution in [0.5, 0.6) is 0 Å². The molecular formula is C11H12N4O2S. The van der Waals surface area contributed by atoms with Crippen molar-refractivity contribution < 1.29 is 4.92 Å². The third-order valence-electron chi connectivity index (χ3n) is 2.55. The van der Waals surface area contributed by atoms with Crippen molar-refractivity contribution in [1.29, 1.82) is 0 Å². The fourth-order valence-electron chi connectivity index (χ4n) is 1.78. The van der Waals surface area contributed by atoms with Crippen LogP contribution in [0.4, 0.5) is 5.69 Å². The summed E-state index contributed by atoms with van der Waals surface area (Å²) in [4.78, 5) is 10.6. The zero-order chi connectivity index (χ0) is 13.1. The van der Waals surface area contributed by atoms with Gasteiger partial charge in [-0.25, -0.2) is 0 Å². The summed E-state index contributed by atoms with van der Waals surface area (Å²) in [5.74, 6) is 0.508. The van der Waals surface area contributed by atoms with Crippen LogP contribution in [0.25, 0.3) is 11.4 Å². The predicted molar refractivity (Wildman–Crippen MR) is 69.8 cm³/mol. The molecule has 0 saturated carbocycles. The van der Waals surface area contributed by atoms with Gasteiger partial charge in [-0.15, -0.1) is 0 Å². The number of nitro groups is 1. The van der Waals surface area contributed by atoms with Crippen LogP contribution >= 0.6 is 12.2 Å². The Morgan fingerprint density at radius 1 is 1.50 bits per heavy atom. The molecule has 0 unspecified atom stereocenters. The summed E-state index contributed by atoms with van der Waals surface area (Å²) < 4.78 is 2.25. The Kier molecular flexibility index (Phi) is 3.52. The maximum Gasteiger partial charge on any atom is 0.280 e. The van der Waals surface area contributed by atoms with E-state index in [-0.39, 0.29) is 5.69 Å². The Morgan fingerprint density at radius 2 is 2.22 bits per heavy atom. The van der Waals surface area contributed by atoms with E-state index in [1.165, 1.54) is 6.07 Å². The number of nitro benzene ring substituents is 1. The molecule has 1 aromatic heterocycles. The van der Waals surface area contributed by atoms with Crippen LogP contribution in [0.2, 0.25) is 0 Å². The number of hydrogen-bond donors (Lipinski definition) is 1. The molecule has 0 amide bonds. The quantitative estimate of drug-likeness (QED) is 0.523. The van der Waals surface area contributed by atoms with Gasteiger partial charge in [-0.3, -0.25) is 19.8 Å². The largest absolute Gasteiger partial charge is 0.300 e. The van der Waals surface area contributed by atoms with Crippen LogP contribution in [0.3, 0.4) is 0 Å².